The van der Waals surface area contributed by atoms with E-state index in [1.165, 1.54) is 5.56 Å². The van der Waals surface area contributed by atoms with Crippen molar-refractivity contribution in [3.8, 4) is 11.5 Å². The Kier molecular flexibility index (Phi) is 6.97. The minimum Gasteiger partial charge on any atom is -0.493 e. The Labute approximate surface area is 185 Å². The molecule has 0 bridgehead atoms. The van der Waals surface area contributed by atoms with E-state index in [9.17, 15) is 0 Å². The van der Waals surface area contributed by atoms with Crippen LogP contribution in [0.5, 0.6) is 11.5 Å². The Hall–Kier alpha value is -3.58. The molecule has 0 aliphatic heterocycles. The van der Waals surface area contributed by atoms with Crippen molar-refractivity contribution in [3.63, 3.8) is 0 Å². The van der Waals surface area contributed by atoms with Crippen LogP contribution in [0.15, 0.2) is 95.4 Å². The van der Waals surface area contributed by atoms with Gasteiger partial charge in [-0.15, -0.1) is 10.2 Å². The van der Waals surface area contributed by atoms with Crippen LogP contribution in [0.2, 0.25) is 0 Å². The van der Waals surface area contributed by atoms with Gasteiger partial charge in [0.2, 0.25) is 5.16 Å². The van der Waals surface area contributed by atoms with Crippen LogP contribution in [0.3, 0.4) is 0 Å². The van der Waals surface area contributed by atoms with Gasteiger partial charge in [0.05, 0.1) is 13.3 Å². The highest BCUT2D eigenvalue weighted by Gasteiger charge is 2.11. The highest BCUT2D eigenvalue weighted by atomic mass is 32.2. The molecule has 0 amide bonds. The van der Waals surface area contributed by atoms with Crippen molar-refractivity contribution in [2.24, 2.45) is 5.10 Å². The molecule has 0 unspecified atom stereocenters. The van der Waals surface area contributed by atoms with Crippen molar-refractivity contribution in [2.45, 2.75) is 17.5 Å². The average Bonchev–Trinajstić information content (AvgIpc) is 3.29. The number of hydrogen-bond donors (Lipinski definition) is 0. The van der Waals surface area contributed by atoms with Crippen LogP contribution in [0, 0.1) is 0 Å². The predicted molar refractivity (Wildman–Crippen MR) is 123 cm³/mol. The van der Waals surface area contributed by atoms with Gasteiger partial charge in [-0.1, -0.05) is 78.5 Å². The summed E-state index contributed by atoms with van der Waals surface area (Å²) in [6.07, 6.45) is 3.33. The predicted octanol–water partition coefficient (Wildman–Crippen LogP) is 5.04. The highest BCUT2D eigenvalue weighted by Crippen LogP contribution is 2.31. The van der Waals surface area contributed by atoms with Gasteiger partial charge in [0.15, 0.2) is 11.5 Å². The van der Waals surface area contributed by atoms with Crippen LogP contribution < -0.4 is 9.47 Å². The molecule has 4 aromatic rings. The summed E-state index contributed by atoms with van der Waals surface area (Å²) in [7, 11) is 1.63. The number of rotatable bonds is 9. The van der Waals surface area contributed by atoms with Gasteiger partial charge in [-0.25, -0.2) is 0 Å². The summed E-state index contributed by atoms with van der Waals surface area (Å²) in [5, 5.41) is 13.5. The fraction of sp³-hybridized carbons (Fsp3) is 0.125. The molecule has 1 aromatic heterocycles. The first-order valence-corrected chi connectivity index (χ1v) is 10.8. The number of thioether (sulfide) groups is 1. The topological polar surface area (TPSA) is 61.5 Å². The molecule has 0 atom stereocenters. The Bertz CT molecular complexity index is 1130. The first kappa shape index (κ1) is 20.7. The van der Waals surface area contributed by atoms with E-state index in [2.05, 4.69) is 27.4 Å². The van der Waals surface area contributed by atoms with Gasteiger partial charge in [0.1, 0.15) is 12.9 Å². The number of para-hydroxylation sites is 1. The lowest BCUT2D eigenvalue weighted by molar-refractivity contribution is 0.284. The maximum Gasteiger partial charge on any atom is 0.212 e. The minimum atomic E-state index is 0.437. The Morgan fingerprint density at radius 2 is 1.68 bits per heavy atom. The third kappa shape index (κ3) is 5.52. The first-order valence-electron chi connectivity index (χ1n) is 9.78. The van der Waals surface area contributed by atoms with E-state index in [0.717, 1.165) is 22.0 Å². The van der Waals surface area contributed by atoms with Crippen molar-refractivity contribution < 1.29 is 9.47 Å². The quantitative estimate of drug-likeness (QED) is 0.275. The fourth-order valence-corrected chi connectivity index (χ4v) is 3.74. The van der Waals surface area contributed by atoms with Crippen LogP contribution in [0.4, 0.5) is 0 Å². The van der Waals surface area contributed by atoms with Gasteiger partial charge >= 0.3 is 0 Å². The molecule has 1 heterocycles. The summed E-state index contributed by atoms with van der Waals surface area (Å²) in [6.45, 7) is 0.437. The lowest BCUT2D eigenvalue weighted by atomic mass is 10.2. The van der Waals surface area contributed by atoms with E-state index in [0.29, 0.717) is 18.1 Å². The average molecular weight is 431 g/mol. The van der Waals surface area contributed by atoms with Gasteiger partial charge in [-0.3, -0.25) is 0 Å². The molecule has 0 radical (unpaired) electrons. The lowest BCUT2D eigenvalue weighted by Gasteiger charge is -2.13. The maximum atomic E-state index is 6.09. The van der Waals surface area contributed by atoms with Crippen LogP contribution >= 0.6 is 11.8 Å². The van der Waals surface area contributed by atoms with Crippen LogP contribution in [-0.4, -0.2) is 28.2 Å². The van der Waals surface area contributed by atoms with Gasteiger partial charge in [0.25, 0.3) is 0 Å². The molecule has 156 valence electrons. The number of nitrogens with zero attached hydrogens (tertiary/aromatic N) is 4. The van der Waals surface area contributed by atoms with Crippen molar-refractivity contribution in [1.29, 1.82) is 0 Å². The number of hydrogen-bond acceptors (Lipinski definition) is 6. The smallest absolute Gasteiger partial charge is 0.212 e. The molecule has 7 heteroatoms. The zero-order valence-corrected chi connectivity index (χ0v) is 17.9. The molecule has 0 aliphatic rings. The van der Waals surface area contributed by atoms with Crippen molar-refractivity contribution >= 4 is 18.0 Å². The summed E-state index contributed by atoms with van der Waals surface area (Å²) < 4.78 is 13.2. The molecule has 3 aromatic carbocycles. The van der Waals surface area contributed by atoms with Crippen LogP contribution in [0.25, 0.3) is 0 Å². The lowest BCUT2D eigenvalue weighted by Crippen LogP contribution is -2.01. The summed E-state index contributed by atoms with van der Waals surface area (Å²) in [5.74, 6) is 2.09. The Morgan fingerprint density at radius 1 is 0.935 bits per heavy atom. The molecule has 4 rings (SSSR count). The molecule has 0 spiro atoms. The van der Waals surface area contributed by atoms with Crippen molar-refractivity contribution in [1.82, 2.24) is 14.9 Å². The number of aromatic nitrogens is 3. The number of ether oxygens (including phenoxy) is 2. The van der Waals surface area contributed by atoms with Crippen LogP contribution in [0.1, 0.15) is 16.7 Å². The van der Waals surface area contributed by atoms with Gasteiger partial charge in [-0.2, -0.15) is 9.78 Å². The molecule has 0 saturated heterocycles. The summed E-state index contributed by atoms with van der Waals surface area (Å²) >= 11 is 1.58. The van der Waals surface area contributed by atoms with E-state index < -0.39 is 0 Å². The molecular weight excluding hydrogens is 408 g/mol. The maximum absolute atomic E-state index is 6.09. The van der Waals surface area contributed by atoms with Crippen molar-refractivity contribution in [2.75, 3.05) is 7.11 Å². The number of methoxy groups -OCH3 is 1. The van der Waals surface area contributed by atoms with Gasteiger partial charge in [0, 0.05) is 11.3 Å². The highest BCUT2D eigenvalue weighted by molar-refractivity contribution is 7.98. The van der Waals surface area contributed by atoms with E-state index in [4.69, 9.17) is 9.47 Å². The van der Waals surface area contributed by atoms with Gasteiger partial charge < -0.3 is 9.47 Å². The van der Waals surface area contributed by atoms with Crippen molar-refractivity contribution in [3.05, 3.63) is 102 Å². The first-order chi connectivity index (χ1) is 15.3. The largest absolute Gasteiger partial charge is 0.493 e. The number of benzene rings is 3. The summed E-state index contributed by atoms with van der Waals surface area (Å²) in [4.78, 5) is 0. The third-order valence-corrected chi connectivity index (χ3v) is 5.49. The zero-order valence-electron chi connectivity index (χ0n) is 17.1. The molecular formula is C24H22N4O2S. The van der Waals surface area contributed by atoms with E-state index in [1.54, 1.807) is 36.1 Å². The second-order valence-corrected chi connectivity index (χ2v) is 7.57. The fourth-order valence-electron chi connectivity index (χ4n) is 2.92. The standard InChI is InChI=1S/C24H22N4O2S/c1-29-22-14-8-13-21(23(22)30-16-19-9-4-2-5-10-19)15-26-28-18-25-27-24(28)31-17-20-11-6-3-7-12-20/h2-15,18H,16-17H2,1H3/b26-15+. The molecule has 0 saturated carbocycles. The monoisotopic (exact) mass is 430 g/mol. The summed E-state index contributed by atoms with van der Waals surface area (Å²) in [6, 6.07) is 26.0. The molecule has 0 aliphatic carbocycles. The molecule has 6 nitrogen and oxygen atoms in total. The normalized spacial score (nSPS) is 11.0. The zero-order chi connectivity index (χ0) is 21.3. The van der Waals surface area contributed by atoms with Crippen LogP contribution in [-0.2, 0) is 12.4 Å². The molecule has 31 heavy (non-hydrogen) atoms. The Morgan fingerprint density at radius 3 is 2.42 bits per heavy atom. The molecule has 0 fully saturated rings. The SMILES string of the molecule is COc1cccc(/C=N/n2cnnc2SCc2ccccc2)c1OCc1ccccc1. The summed E-state index contributed by atoms with van der Waals surface area (Å²) in [5.41, 5.74) is 3.10. The minimum absolute atomic E-state index is 0.437. The van der Waals surface area contributed by atoms with E-state index in [1.807, 2.05) is 66.7 Å². The second kappa shape index (κ2) is 10.4. The Balaban J connectivity index is 1.51. The van der Waals surface area contributed by atoms with E-state index >= 15 is 0 Å². The third-order valence-electron chi connectivity index (χ3n) is 4.49. The van der Waals surface area contributed by atoms with Gasteiger partial charge in [-0.05, 0) is 23.3 Å². The van der Waals surface area contributed by atoms with E-state index in [-0.39, 0.29) is 0 Å². The second-order valence-electron chi connectivity index (χ2n) is 6.63. The molecule has 0 N–H and O–H groups in total.